The Morgan fingerprint density at radius 1 is 1.63 bits per heavy atom. The Hall–Kier alpha value is -2.03. The van der Waals surface area contributed by atoms with Gasteiger partial charge in [0.05, 0.1) is 12.3 Å². The van der Waals surface area contributed by atoms with Crippen molar-refractivity contribution in [3.05, 3.63) is 11.3 Å². The van der Waals surface area contributed by atoms with Gasteiger partial charge in [-0.3, -0.25) is 9.48 Å². The number of aromatic nitrogens is 2. The second-order valence-corrected chi connectivity index (χ2v) is 4.68. The van der Waals surface area contributed by atoms with Crippen LogP contribution in [0.1, 0.15) is 31.0 Å². The number of hydrogen-bond donors (Lipinski definition) is 0. The lowest BCUT2D eigenvalue weighted by atomic mass is 10.2. The molecular weight excluding hydrogens is 244 g/mol. The highest BCUT2D eigenvalue weighted by molar-refractivity contribution is 5.77. The van der Waals surface area contributed by atoms with Crippen LogP contribution in [-0.4, -0.2) is 34.9 Å². The van der Waals surface area contributed by atoms with Crippen LogP contribution >= 0.6 is 0 Å². The van der Waals surface area contributed by atoms with Gasteiger partial charge in [-0.25, -0.2) is 0 Å². The molecule has 0 unspecified atom stereocenters. The summed E-state index contributed by atoms with van der Waals surface area (Å²) in [5, 5.41) is 13.5. The summed E-state index contributed by atoms with van der Waals surface area (Å²) in [4.78, 5) is 13.6. The van der Waals surface area contributed by atoms with Crippen molar-refractivity contribution in [1.82, 2.24) is 9.78 Å². The Labute approximate surface area is 112 Å². The zero-order chi connectivity index (χ0) is 14.0. The van der Waals surface area contributed by atoms with E-state index in [-0.39, 0.29) is 12.5 Å². The van der Waals surface area contributed by atoms with Crippen LogP contribution in [0, 0.1) is 18.3 Å². The minimum absolute atomic E-state index is 0.173. The third-order valence-electron chi connectivity index (χ3n) is 3.17. The summed E-state index contributed by atoms with van der Waals surface area (Å²) in [5.74, 6) is 0.452. The molecule has 0 aromatic carbocycles. The number of rotatable bonds is 5. The van der Waals surface area contributed by atoms with E-state index in [9.17, 15) is 10.1 Å². The van der Waals surface area contributed by atoms with Crippen molar-refractivity contribution in [2.24, 2.45) is 7.05 Å². The van der Waals surface area contributed by atoms with E-state index >= 15 is 0 Å². The average Bonchev–Trinajstić information content (AvgIpc) is 3.13. The lowest BCUT2D eigenvalue weighted by Crippen LogP contribution is -2.34. The highest BCUT2D eigenvalue weighted by Crippen LogP contribution is 2.33. The molecule has 1 heterocycles. The van der Waals surface area contributed by atoms with Crippen molar-refractivity contribution in [2.75, 3.05) is 18.1 Å². The van der Waals surface area contributed by atoms with Gasteiger partial charge in [-0.1, -0.05) is 0 Å². The molecule has 1 aromatic heterocycles. The van der Waals surface area contributed by atoms with Crippen LogP contribution in [-0.2, 0) is 16.6 Å². The van der Waals surface area contributed by atoms with Gasteiger partial charge in [0, 0.05) is 13.1 Å². The fourth-order valence-corrected chi connectivity index (χ4v) is 2.22. The highest BCUT2D eigenvalue weighted by atomic mass is 16.5. The molecule has 6 heteroatoms. The first-order valence-electron chi connectivity index (χ1n) is 6.44. The molecule has 0 N–H and O–H groups in total. The van der Waals surface area contributed by atoms with E-state index in [1.54, 1.807) is 25.6 Å². The molecule has 0 bridgehead atoms. The Balaban J connectivity index is 2.29. The molecule has 102 valence electrons. The standard InChI is InChI=1S/C13H18N4O2/c1-4-19-12(18)8-17(10-5-6-10)13-11(7-14)9(2)15-16(13)3/h10H,4-6,8H2,1-3H3. The van der Waals surface area contributed by atoms with Crippen LogP contribution in [0.5, 0.6) is 0 Å². The third-order valence-corrected chi connectivity index (χ3v) is 3.17. The minimum Gasteiger partial charge on any atom is -0.465 e. The molecule has 1 aliphatic carbocycles. The maximum Gasteiger partial charge on any atom is 0.325 e. The molecule has 0 aliphatic heterocycles. The van der Waals surface area contributed by atoms with Gasteiger partial charge in [0.25, 0.3) is 0 Å². The number of nitriles is 1. The van der Waals surface area contributed by atoms with E-state index in [1.807, 2.05) is 4.90 Å². The molecule has 0 radical (unpaired) electrons. The van der Waals surface area contributed by atoms with Crippen LogP contribution in [0.2, 0.25) is 0 Å². The first kappa shape index (κ1) is 13.4. The third kappa shape index (κ3) is 2.70. The molecule has 1 aliphatic rings. The Morgan fingerprint density at radius 3 is 2.84 bits per heavy atom. The van der Waals surface area contributed by atoms with Crippen LogP contribution in [0.25, 0.3) is 0 Å². The molecule has 1 fully saturated rings. The van der Waals surface area contributed by atoms with E-state index in [0.717, 1.165) is 18.7 Å². The van der Waals surface area contributed by atoms with E-state index < -0.39 is 0 Å². The SMILES string of the molecule is CCOC(=O)CN(c1c(C#N)c(C)nn1C)C1CC1. The lowest BCUT2D eigenvalue weighted by molar-refractivity contribution is -0.141. The van der Waals surface area contributed by atoms with Crippen molar-refractivity contribution in [3.8, 4) is 6.07 Å². The maximum atomic E-state index is 11.7. The smallest absolute Gasteiger partial charge is 0.325 e. The number of carbonyl (C=O) groups excluding carboxylic acids is 1. The van der Waals surface area contributed by atoms with E-state index in [0.29, 0.717) is 23.9 Å². The predicted molar refractivity (Wildman–Crippen MR) is 69.7 cm³/mol. The zero-order valence-electron chi connectivity index (χ0n) is 11.5. The zero-order valence-corrected chi connectivity index (χ0v) is 11.5. The fourth-order valence-electron chi connectivity index (χ4n) is 2.22. The van der Waals surface area contributed by atoms with E-state index in [4.69, 9.17) is 4.74 Å². The topological polar surface area (TPSA) is 71.2 Å². The Bertz CT molecular complexity index is 525. The second-order valence-electron chi connectivity index (χ2n) is 4.68. The summed E-state index contributed by atoms with van der Waals surface area (Å²) in [7, 11) is 1.80. The average molecular weight is 262 g/mol. The van der Waals surface area contributed by atoms with Gasteiger partial charge in [0.1, 0.15) is 24.0 Å². The van der Waals surface area contributed by atoms with Crippen molar-refractivity contribution in [3.63, 3.8) is 0 Å². The number of hydrogen-bond acceptors (Lipinski definition) is 5. The summed E-state index contributed by atoms with van der Waals surface area (Å²) in [6, 6.07) is 2.49. The Kier molecular flexibility index (Phi) is 3.74. The van der Waals surface area contributed by atoms with Crippen LogP contribution < -0.4 is 4.90 Å². The van der Waals surface area contributed by atoms with Crippen molar-refractivity contribution >= 4 is 11.8 Å². The summed E-state index contributed by atoms with van der Waals surface area (Å²) in [6.07, 6.45) is 2.07. The van der Waals surface area contributed by atoms with E-state index in [2.05, 4.69) is 11.2 Å². The number of aryl methyl sites for hydroxylation is 2. The monoisotopic (exact) mass is 262 g/mol. The van der Waals surface area contributed by atoms with Crippen molar-refractivity contribution < 1.29 is 9.53 Å². The summed E-state index contributed by atoms with van der Waals surface area (Å²) in [6.45, 7) is 4.13. The van der Waals surface area contributed by atoms with Gasteiger partial charge in [-0.2, -0.15) is 10.4 Å². The number of carbonyl (C=O) groups is 1. The van der Waals surface area contributed by atoms with Crippen LogP contribution in [0.3, 0.4) is 0 Å². The number of anilines is 1. The first-order valence-corrected chi connectivity index (χ1v) is 6.44. The second kappa shape index (κ2) is 5.31. The number of nitrogens with zero attached hydrogens (tertiary/aromatic N) is 4. The molecule has 19 heavy (non-hydrogen) atoms. The van der Waals surface area contributed by atoms with Crippen molar-refractivity contribution in [1.29, 1.82) is 5.26 Å². The molecule has 2 rings (SSSR count). The quantitative estimate of drug-likeness (QED) is 0.744. The Morgan fingerprint density at radius 2 is 2.32 bits per heavy atom. The van der Waals surface area contributed by atoms with Gasteiger partial charge >= 0.3 is 5.97 Å². The summed E-state index contributed by atoms with van der Waals surface area (Å²) < 4.78 is 6.67. The van der Waals surface area contributed by atoms with Crippen molar-refractivity contribution in [2.45, 2.75) is 32.7 Å². The molecule has 0 saturated heterocycles. The van der Waals surface area contributed by atoms with Gasteiger partial charge in [-0.15, -0.1) is 0 Å². The molecule has 1 aromatic rings. The summed E-state index contributed by atoms with van der Waals surface area (Å²) >= 11 is 0. The lowest BCUT2D eigenvalue weighted by Gasteiger charge is -2.23. The molecule has 0 spiro atoms. The highest BCUT2D eigenvalue weighted by Gasteiger charge is 2.34. The number of ether oxygens (including phenoxy) is 1. The molecule has 6 nitrogen and oxygen atoms in total. The van der Waals surface area contributed by atoms with Gasteiger partial charge in [-0.05, 0) is 26.7 Å². The summed E-state index contributed by atoms with van der Waals surface area (Å²) in [5.41, 5.74) is 1.23. The molecule has 0 amide bonds. The molecule has 1 saturated carbocycles. The predicted octanol–water partition coefficient (Wildman–Crippen LogP) is 1.13. The van der Waals surface area contributed by atoms with Gasteiger partial charge in [0.2, 0.25) is 0 Å². The first-order chi connectivity index (χ1) is 9.08. The van der Waals surface area contributed by atoms with Gasteiger partial charge < -0.3 is 9.64 Å². The largest absolute Gasteiger partial charge is 0.465 e. The molecular formula is C13H18N4O2. The fraction of sp³-hybridized carbons (Fsp3) is 0.615. The minimum atomic E-state index is -0.267. The van der Waals surface area contributed by atoms with Gasteiger partial charge in [0.15, 0.2) is 0 Å². The maximum absolute atomic E-state index is 11.7. The normalized spacial score (nSPS) is 14.0. The van der Waals surface area contributed by atoms with E-state index in [1.165, 1.54) is 0 Å². The van der Waals surface area contributed by atoms with Crippen LogP contribution in [0.4, 0.5) is 5.82 Å². The number of esters is 1. The molecule has 0 atom stereocenters. The van der Waals surface area contributed by atoms with Crippen LogP contribution in [0.15, 0.2) is 0 Å².